The van der Waals surface area contributed by atoms with Crippen LogP contribution in [0.5, 0.6) is 0 Å². The largest absolute Gasteiger partial charge is 0.317 e. The summed E-state index contributed by atoms with van der Waals surface area (Å²) in [6, 6.07) is 2.49. The second-order valence-electron chi connectivity index (χ2n) is 6.06. The van der Waals surface area contributed by atoms with Crippen LogP contribution in [-0.2, 0) is 10.0 Å². The summed E-state index contributed by atoms with van der Waals surface area (Å²) in [6.07, 6.45) is 1.75. The van der Waals surface area contributed by atoms with Crippen LogP contribution in [-0.4, -0.2) is 38.9 Å². The summed E-state index contributed by atoms with van der Waals surface area (Å²) < 4.78 is 27.7. The number of benzene rings is 1. The number of hydrogen-bond donors (Lipinski definition) is 1. The van der Waals surface area contributed by atoms with Crippen LogP contribution in [0.15, 0.2) is 11.0 Å². The number of rotatable bonds is 3. The maximum Gasteiger partial charge on any atom is 0.243 e. The predicted molar refractivity (Wildman–Crippen MR) is 86.2 cm³/mol. The molecule has 0 aliphatic carbocycles. The van der Waals surface area contributed by atoms with Crippen LogP contribution in [0.1, 0.15) is 35.1 Å². The van der Waals surface area contributed by atoms with Crippen LogP contribution in [0.4, 0.5) is 0 Å². The van der Waals surface area contributed by atoms with Gasteiger partial charge in [0.1, 0.15) is 0 Å². The fourth-order valence-corrected chi connectivity index (χ4v) is 5.13. The minimum Gasteiger partial charge on any atom is -0.317 e. The first-order valence-electron chi connectivity index (χ1n) is 7.54. The van der Waals surface area contributed by atoms with Gasteiger partial charge in [-0.15, -0.1) is 0 Å². The van der Waals surface area contributed by atoms with Gasteiger partial charge in [-0.2, -0.15) is 4.31 Å². The van der Waals surface area contributed by atoms with Crippen LogP contribution >= 0.6 is 0 Å². The summed E-state index contributed by atoms with van der Waals surface area (Å²) in [7, 11) is -1.46. The summed E-state index contributed by atoms with van der Waals surface area (Å²) in [6.45, 7) is 8.98. The van der Waals surface area contributed by atoms with Crippen LogP contribution in [0.25, 0.3) is 0 Å². The van der Waals surface area contributed by atoms with Gasteiger partial charge in [-0.3, -0.25) is 0 Å². The number of piperidine rings is 1. The van der Waals surface area contributed by atoms with Crippen molar-refractivity contribution in [2.45, 2.75) is 51.5 Å². The van der Waals surface area contributed by atoms with E-state index in [0.29, 0.717) is 24.0 Å². The van der Waals surface area contributed by atoms with E-state index < -0.39 is 10.0 Å². The second kappa shape index (κ2) is 6.07. The minimum atomic E-state index is -3.39. The normalized spacial score (nSPS) is 18.1. The Hall–Kier alpha value is -0.910. The summed E-state index contributed by atoms with van der Waals surface area (Å²) in [5.74, 6) is 0. The summed E-state index contributed by atoms with van der Waals surface area (Å²) in [5.41, 5.74) is 3.85. The zero-order valence-electron chi connectivity index (χ0n) is 13.7. The predicted octanol–water partition coefficient (Wildman–Crippen LogP) is 2.29. The quantitative estimate of drug-likeness (QED) is 0.932. The molecule has 1 fully saturated rings. The third kappa shape index (κ3) is 3.00. The molecule has 1 aliphatic rings. The Morgan fingerprint density at radius 3 is 1.95 bits per heavy atom. The van der Waals surface area contributed by atoms with E-state index in [4.69, 9.17) is 0 Å². The van der Waals surface area contributed by atoms with Crippen molar-refractivity contribution < 1.29 is 8.42 Å². The van der Waals surface area contributed by atoms with Gasteiger partial charge in [0.25, 0.3) is 0 Å². The van der Waals surface area contributed by atoms with E-state index in [9.17, 15) is 8.42 Å². The fraction of sp³-hybridized carbons (Fsp3) is 0.625. The van der Waals surface area contributed by atoms with Crippen molar-refractivity contribution in [2.24, 2.45) is 0 Å². The highest BCUT2D eigenvalue weighted by Crippen LogP contribution is 2.30. The van der Waals surface area contributed by atoms with E-state index >= 15 is 0 Å². The lowest BCUT2D eigenvalue weighted by Crippen LogP contribution is -2.44. The third-order valence-electron chi connectivity index (χ3n) is 4.76. The van der Waals surface area contributed by atoms with E-state index in [1.807, 2.05) is 34.7 Å². The van der Waals surface area contributed by atoms with Gasteiger partial charge >= 0.3 is 0 Å². The molecule has 0 unspecified atom stereocenters. The molecule has 118 valence electrons. The number of hydrogen-bond acceptors (Lipinski definition) is 3. The third-order valence-corrected chi connectivity index (χ3v) is 6.93. The van der Waals surface area contributed by atoms with Gasteiger partial charge in [0, 0.05) is 19.1 Å². The molecule has 2 rings (SSSR count). The number of nitrogens with one attached hydrogen (secondary N) is 1. The summed E-state index contributed by atoms with van der Waals surface area (Å²) in [5, 5.41) is 3.24. The molecule has 0 atom stereocenters. The molecule has 0 spiro atoms. The van der Waals surface area contributed by atoms with Gasteiger partial charge in [0.15, 0.2) is 0 Å². The van der Waals surface area contributed by atoms with Crippen molar-refractivity contribution in [1.29, 1.82) is 0 Å². The summed E-state index contributed by atoms with van der Waals surface area (Å²) in [4.78, 5) is 0.517. The topological polar surface area (TPSA) is 49.4 Å². The molecule has 21 heavy (non-hydrogen) atoms. The van der Waals surface area contributed by atoms with Crippen LogP contribution in [0, 0.1) is 27.7 Å². The van der Waals surface area contributed by atoms with E-state index in [-0.39, 0.29) is 0 Å². The first kappa shape index (κ1) is 16.5. The van der Waals surface area contributed by atoms with Gasteiger partial charge in [0.2, 0.25) is 10.0 Å². The second-order valence-corrected chi connectivity index (χ2v) is 7.93. The molecular weight excluding hydrogens is 284 g/mol. The highest BCUT2D eigenvalue weighted by atomic mass is 32.2. The van der Waals surface area contributed by atoms with E-state index in [1.54, 1.807) is 4.31 Å². The van der Waals surface area contributed by atoms with Gasteiger partial charge in [-0.05, 0) is 69.8 Å². The Bertz CT molecular complexity index is 604. The lowest BCUT2D eigenvalue weighted by Gasteiger charge is -2.32. The van der Waals surface area contributed by atoms with Gasteiger partial charge in [-0.25, -0.2) is 8.42 Å². The van der Waals surface area contributed by atoms with Crippen molar-refractivity contribution in [3.63, 3.8) is 0 Å². The van der Waals surface area contributed by atoms with Crippen molar-refractivity contribution in [2.75, 3.05) is 20.1 Å². The monoisotopic (exact) mass is 310 g/mol. The van der Waals surface area contributed by atoms with Crippen LogP contribution < -0.4 is 5.32 Å². The molecule has 0 radical (unpaired) electrons. The molecule has 1 N–H and O–H groups in total. The molecule has 1 aliphatic heterocycles. The van der Waals surface area contributed by atoms with Crippen molar-refractivity contribution in [3.05, 3.63) is 28.3 Å². The smallest absolute Gasteiger partial charge is 0.243 e. The Morgan fingerprint density at radius 2 is 1.52 bits per heavy atom. The first-order chi connectivity index (χ1) is 9.78. The molecule has 0 saturated carbocycles. The average Bonchev–Trinajstić information content (AvgIpc) is 2.45. The molecule has 4 nitrogen and oxygen atoms in total. The van der Waals surface area contributed by atoms with E-state index in [2.05, 4.69) is 11.4 Å². The molecule has 0 aromatic heterocycles. The van der Waals surface area contributed by atoms with Crippen molar-refractivity contribution >= 4 is 10.0 Å². The van der Waals surface area contributed by atoms with E-state index in [1.165, 1.54) is 0 Å². The maximum atomic E-state index is 13.0. The standard InChI is InChI=1S/C16H26N2O2S/c1-11-10-12(2)14(4)16(13(11)3)21(19,20)18-8-6-15(17-5)7-9-18/h10,15,17H,6-9H2,1-5H3. The molecule has 0 bridgehead atoms. The maximum absolute atomic E-state index is 13.0. The van der Waals surface area contributed by atoms with E-state index in [0.717, 1.165) is 35.1 Å². The fourth-order valence-electron chi connectivity index (χ4n) is 3.08. The zero-order chi connectivity index (χ0) is 15.8. The Morgan fingerprint density at radius 1 is 1.05 bits per heavy atom. The highest BCUT2D eigenvalue weighted by molar-refractivity contribution is 7.89. The molecule has 1 aromatic carbocycles. The Balaban J connectivity index is 2.42. The lowest BCUT2D eigenvalue weighted by molar-refractivity contribution is 0.298. The zero-order valence-corrected chi connectivity index (χ0v) is 14.5. The van der Waals surface area contributed by atoms with Gasteiger partial charge in [0.05, 0.1) is 4.90 Å². The highest BCUT2D eigenvalue weighted by Gasteiger charge is 2.31. The van der Waals surface area contributed by atoms with Gasteiger partial charge in [-0.1, -0.05) is 6.07 Å². The van der Waals surface area contributed by atoms with Crippen LogP contribution in [0.2, 0.25) is 0 Å². The Labute approximate surface area is 128 Å². The lowest BCUT2D eigenvalue weighted by atomic mass is 10.0. The molecule has 1 heterocycles. The van der Waals surface area contributed by atoms with Crippen molar-refractivity contribution in [1.82, 2.24) is 9.62 Å². The molecule has 1 aromatic rings. The number of sulfonamides is 1. The Kier molecular flexibility index (Phi) is 4.76. The van der Waals surface area contributed by atoms with Crippen LogP contribution in [0.3, 0.4) is 0 Å². The van der Waals surface area contributed by atoms with Gasteiger partial charge < -0.3 is 5.32 Å². The molecular formula is C16H26N2O2S. The van der Waals surface area contributed by atoms with Crippen molar-refractivity contribution in [3.8, 4) is 0 Å². The minimum absolute atomic E-state index is 0.429. The SMILES string of the molecule is CNC1CCN(S(=O)(=O)c2c(C)c(C)cc(C)c2C)CC1. The molecule has 1 saturated heterocycles. The number of aryl methyl sites for hydroxylation is 2. The summed E-state index contributed by atoms with van der Waals surface area (Å²) >= 11 is 0. The molecule has 5 heteroatoms. The molecule has 0 amide bonds. The average molecular weight is 310 g/mol. The first-order valence-corrected chi connectivity index (χ1v) is 8.98. The number of nitrogens with zero attached hydrogens (tertiary/aromatic N) is 1.